The molecule has 0 bridgehead atoms. The summed E-state index contributed by atoms with van der Waals surface area (Å²) in [4.78, 5) is 39.6. The number of ketones is 3. The molecule has 2 aromatic rings. The van der Waals surface area contributed by atoms with E-state index >= 15 is 0 Å². The molecule has 1 unspecified atom stereocenters. The van der Waals surface area contributed by atoms with Gasteiger partial charge in [0, 0.05) is 35.1 Å². The molecular weight excluding hydrogens is 498 g/mol. The Morgan fingerprint density at radius 3 is 2.47 bits per heavy atom. The number of rotatable bonds is 5. The largest absolute Gasteiger partial charge is 0.507 e. The van der Waals surface area contributed by atoms with Gasteiger partial charge >= 0.3 is 0 Å². The Balaban J connectivity index is 1.65. The Hall–Kier alpha value is -3.35. The van der Waals surface area contributed by atoms with Crippen LogP contribution in [0.2, 0.25) is 0 Å². The van der Waals surface area contributed by atoms with E-state index in [1.165, 1.54) is 25.3 Å². The molecule has 6 N–H and O–H groups in total. The lowest BCUT2D eigenvalue weighted by atomic mass is 9.73. The second-order valence-corrected chi connectivity index (χ2v) is 9.93. The third-order valence-corrected chi connectivity index (χ3v) is 7.71. The van der Waals surface area contributed by atoms with Crippen LogP contribution in [0.3, 0.4) is 0 Å². The van der Waals surface area contributed by atoms with Crippen LogP contribution in [0.4, 0.5) is 0 Å². The molecule has 5 rings (SSSR count). The first kappa shape index (κ1) is 26.3. The van der Waals surface area contributed by atoms with Crippen molar-refractivity contribution in [3.63, 3.8) is 0 Å². The van der Waals surface area contributed by atoms with Gasteiger partial charge in [0.15, 0.2) is 17.9 Å². The summed E-state index contributed by atoms with van der Waals surface area (Å²) in [5, 5.41) is 42.4. The number of ether oxygens (including phenoxy) is 3. The topological polar surface area (TPSA) is 186 Å². The maximum atomic E-state index is 13.6. The van der Waals surface area contributed by atoms with Crippen LogP contribution in [0.1, 0.15) is 68.8 Å². The predicted octanol–water partition coefficient (Wildman–Crippen LogP) is 0.886. The third kappa shape index (κ3) is 3.98. The number of benzene rings is 2. The summed E-state index contributed by atoms with van der Waals surface area (Å²) < 4.78 is 17.2. The van der Waals surface area contributed by atoms with Crippen molar-refractivity contribution in [1.29, 1.82) is 0 Å². The maximum Gasteiger partial charge on any atom is 0.202 e. The molecule has 1 heterocycles. The van der Waals surface area contributed by atoms with Gasteiger partial charge in [-0.15, -0.1) is 0 Å². The summed E-state index contributed by atoms with van der Waals surface area (Å²) in [5.74, 6) is -3.64. The van der Waals surface area contributed by atoms with Gasteiger partial charge in [0.05, 0.1) is 42.1 Å². The Morgan fingerprint density at radius 2 is 1.82 bits per heavy atom. The molecule has 0 amide bonds. The summed E-state index contributed by atoms with van der Waals surface area (Å²) in [6, 6.07) is 3.83. The van der Waals surface area contributed by atoms with Crippen LogP contribution in [0.25, 0.3) is 0 Å². The molecule has 11 heteroatoms. The van der Waals surface area contributed by atoms with E-state index in [0.29, 0.717) is 0 Å². The van der Waals surface area contributed by atoms with Crippen LogP contribution >= 0.6 is 0 Å². The minimum atomic E-state index is -1.06. The van der Waals surface area contributed by atoms with Crippen molar-refractivity contribution in [2.24, 2.45) is 11.7 Å². The number of hydrogen-bond acceptors (Lipinski definition) is 11. The standard InChI is InChI=1S/C27H29NO10/c1-10-23(31)14(28)8-18(37-10)38-17-7-11(15(30)9-29)6-13-20(17)27(35)22-21(25(13)33)24(32)12-4-3-5-16(36-2)19(12)26(22)34/h3-5,10-11,14,17-18,23,29,31,33,35H,6-9,28H2,1-2H3/t10?,11-,14+,17+,18+,23-/m1/s1. The lowest BCUT2D eigenvalue weighted by Gasteiger charge is -2.40. The maximum absolute atomic E-state index is 13.6. The second kappa shape index (κ2) is 9.75. The summed E-state index contributed by atoms with van der Waals surface area (Å²) in [6.45, 7) is 0.880. The average Bonchev–Trinajstić information content (AvgIpc) is 2.90. The van der Waals surface area contributed by atoms with Crippen LogP contribution in [0.5, 0.6) is 17.2 Å². The number of fused-ring (bicyclic) bond motifs is 3. The van der Waals surface area contributed by atoms with Crippen LogP contribution in [-0.4, -0.2) is 76.0 Å². The van der Waals surface area contributed by atoms with E-state index in [2.05, 4.69) is 0 Å². The number of hydrogen-bond donors (Lipinski definition) is 5. The van der Waals surface area contributed by atoms with E-state index < -0.39 is 72.0 Å². The first-order chi connectivity index (χ1) is 18.1. The lowest BCUT2D eigenvalue weighted by Crippen LogP contribution is -2.52. The molecule has 0 aromatic heterocycles. The summed E-state index contributed by atoms with van der Waals surface area (Å²) >= 11 is 0. The molecule has 1 fully saturated rings. The summed E-state index contributed by atoms with van der Waals surface area (Å²) in [6.07, 6.45) is -3.54. The highest BCUT2D eigenvalue weighted by molar-refractivity contribution is 6.31. The minimum Gasteiger partial charge on any atom is -0.507 e. The van der Waals surface area contributed by atoms with Crippen LogP contribution in [-0.2, 0) is 20.7 Å². The molecule has 1 saturated heterocycles. The van der Waals surface area contributed by atoms with Gasteiger partial charge < -0.3 is 40.4 Å². The highest BCUT2D eigenvalue weighted by atomic mass is 16.7. The van der Waals surface area contributed by atoms with E-state index in [4.69, 9.17) is 19.9 Å². The van der Waals surface area contributed by atoms with Crippen molar-refractivity contribution >= 4 is 17.3 Å². The van der Waals surface area contributed by atoms with Gasteiger partial charge in [0.25, 0.3) is 0 Å². The van der Waals surface area contributed by atoms with Gasteiger partial charge in [-0.1, -0.05) is 12.1 Å². The van der Waals surface area contributed by atoms with E-state index in [0.717, 1.165) is 0 Å². The Morgan fingerprint density at radius 1 is 1.11 bits per heavy atom. The third-order valence-electron chi connectivity index (χ3n) is 7.71. The molecule has 11 nitrogen and oxygen atoms in total. The van der Waals surface area contributed by atoms with E-state index in [1.807, 2.05) is 0 Å². The van der Waals surface area contributed by atoms with Gasteiger partial charge in [-0.05, 0) is 25.8 Å². The molecular formula is C27H29NO10. The van der Waals surface area contributed by atoms with Crippen LogP contribution in [0, 0.1) is 5.92 Å². The number of aromatic hydroxyl groups is 2. The van der Waals surface area contributed by atoms with E-state index in [1.54, 1.807) is 6.92 Å². The number of aliphatic hydroxyl groups excluding tert-OH is 2. The second-order valence-electron chi connectivity index (χ2n) is 9.93. The average molecular weight is 528 g/mol. The molecule has 38 heavy (non-hydrogen) atoms. The first-order valence-electron chi connectivity index (χ1n) is 12.3. The summed E-state index contributed by atoms with van der Waals surface area (Å²) in [7, 11) is 1.35. The van der Waals surface area contributed by atoms with Gasteiger partial charge in [-0.25, -0.2) is 0 Å². The zero-order chi connectivity index (χ0) is 27.5. The zero-order valence-electron chi connectivity index (χ0n) is 20.8. The quantitative estimate of drug-likeness (QED) is 0.297. The fraction of sp³-hybridized carbons (Fsp3) is 0.444. The number of phenolic OH excluding ortho intramolecular Hbond substituents is 2. The predicted molar refractivity (Wildman–Crippen MR) is 130 cm³/mol. The van der Waals surface area contributed by atoms with E-state index in [9.17, 15) is 34.8 Å². The smallest absolute Gasteiger partial charge is 0.202 e. The monoisotopic (exact) mass is 527 g/mol. The Kier molecular flexibility index (Phi) is 6.74. The Bertz CT molecular complexity index is 1330. The van der Waals surface area contributed by atoms with Crippen LogP contribution in [0.15, 0.2) is 18.2 Å². The van der Waals surface area contributed by atoms with Crippen molar-refractivity contribution < 1.29 is 49.0 Å². The molecule has 0 radical (unpaired) electrons. The van der Waals surface area contributed by atoms with Crippen molar-refractivity contribution in [1.82, 2.24) is 0 Å². The van der Waals surface area contributed by atoms with E-state index in [-0.39, 0.29) is 58.4 Å². The van der Waals surface area contributed by atoms with Crippen molar-refractivity contribution in [3.05, 3.63) is 51.6 Å². The minimum absolute atomic E-state index is 0.00621. The van der Waals surface area contributed by atoms with Crippen molar-refractivity contribution in [2.45, 2.75) is 56.8 Å². The van der Waals surface area contributed by atoms with Crippen molar-refractivity contribution in [2.75, 3.05) is 13.7 Å². The molecule has 2 aliphatic carbocycles. The number of phenols is 2. The van der Waals surface area contributed by atoms with Crippen molar-refractivity contribution in [3.8, 4) is 17.2 Å². The fourth-order valence-corrected chi connectivity index (χ4v) is 5.73. The SMILES string of the molecule is COc1cccc2c1C(=O)c1c(O)c3c(c(O)c1C2=O)C[C@@H](C(=O)CO)C[C@@H]3O[C@H]1C[C@H](N)[C@H](O)C(C)O1. The number of carbonyl (C=O) groups is 3. The molecule has 2 aromatic carbocycles. The number of methoxy groups -OCH3 is 1. The Labute approximate surface area is 217 Å². The fourth-order valence-electron chi connectivity index (χ4n) is 5.73. The summed E-state index contributed by atoms with van der Waals surface area (Å²) in [5.41, 5.74) is 5.39. The number of nitrogens with two attached hydrogens (primary N) is 1. The van der Waals surface area contributed by atoms with Gasteiger partial charge in [0.1, 0.15) is 23.9 Å². The first-order valence-corrected chi connectivity index (χ1v) is 12.3. The van der Waals surface area contributed by atoms with Crippen LogP contribution < -0.4 is 10.5 Å². The molecule has 3 aliphatic rings. The zero-order valence-corrected chi connectivity index (χ0v) is 20.8. The highest BCUT2D eigenvalue weighted by Gasteiger charge is 2.45. The van der Waals surface area contributed by atoms with Gasteiger partial charge in [-0.2, -0.15) is 0 Å². The normalized spacial score (nSPS) is 28.3. The van der Waals surface area contributed by atoms with Gasteiger partial charge in [0.2, 0.25) is 5.78 Å². The number of aliphatic hydroxyl groups is 2. The molecule has 0 saturated carbocycles. The molecule has 1 aliphatic heterocycles. The van der Waals surface area contributed by atoms with Gasteiger partial charge in [-0.3, -0.25) is 14.4 Å². The highest BCUT2D eigenvalue weighted by Crippen LogP contribution is 2.51. The molecule has 6 atom stereocenters. The molecule has 202 valence electrons. The number of Topliss-reactive ketones (excluding diaryl/α,β-unsaturated/α-hetero) is 1. The molecule has 0 spiro atoms. The lowest BCUT2D eigenvalue weighted by molar-refractivity contribution is -0.243. The number of carbonyl (C=O) groups excluding carboxylic acids is 3.